The first-order valence-corrected chi connectivity index (χ1v) is 7.40. The number of carbonyl (C=O) groups is 1. The van der Waals surface area contributed by atoms with Crippen LogP contribution < -0.4 is 10.6 Å². The lowest BCUT2D eigenvalue weighted by atomic mass is 9.98. The topological polar surface area (TPSA) is 61.4 Å². The molecule has 1 aromatic carbocycles. The van der Waals surface area contributed by atoms with Crippen molar-refractivity contribution in [1.29, 1.82) is 0 Å². The van der Waals surface area contributed by atoms with Gasteiger partial charge in [0.2, 0.25) is 0 Å². The van der Waals surface area contributed by atoms with E-state index in [4.69, 9.17) is 5.11 Å². The summed E-state index contributed by atoms with van der Waals surface area (Å²) in [5.74, 6) is -0.876. The fourth-order valence-electron chi connectivity index (χ4n) is 2.83. The number of piperidine rings is 1. The van der Waals surface area contributed by atoms with Gasteiger partial charge in [-0.05, 0) is 63.4 Å². The maximum atomic E-state index is 10.9. The molecule has 4 nitrogen and oxygen atoms in total. The van der Waals surface area contributed by atoms with Gasteiger partial charge in [0.15, 0.2) is 0 Å². The molecule has 2 rings (SSSR count). The van der Waals surface area contributed by atoms with E-state index in [1.165, 1.54) is 19.3 Å². The van der Waals surface area contributed by atoms with Crippen LogP contribution in [0.3, 0.4) is 0 Å². The maximum absolute atomic E-state index is 10.9. The van der Waals surface area contributed by atoms with Crippen LogP contribution in [0.1, 0.15) is 48.5 Å². The van der Waals surface area contributed by atoms with Crippen molar-refractivity contribution in [2.45, 2.75) is 51.6 Å². The molecule has 1 fully saturated rings. The number of benzene rings is 1. The van der Waals surface area contributed by atoms with Gasteiger partial charge in [-0.2, -0.15) is 0 Å². The van der Waals surface area contributed by atoms with Gasteiger partial charge in [0.25, 0.3) is 0 Å². The average molecular weight is 276 g/mol. The third-order valence-electron chi connectivity index (χ3n) is 3.93. The predicted molar refractivity (Wildman–Crippen MR) is 81.5 cm³/mol. The van der Waals surface area contributed by atoms with Gasteiger partial charge in [0.1, 0.15) is 0 Å². The molecule has 3 N–H and O–H groups in total. The molecule has 1 aliphatic rings. The highest BCUT2D eigenvalue weighted by Gasteiger charge is 2.16. The lowest BCUT2D eigenvalue weighted by Crippen LogP contribution is -2.37. The molecule has 0 radical (unpaired) electrons. The summed E-state index contributed by atoms with van der Waals surface area (Å²) in [5, 5.41) is 16.0. The van der Waals surface area contributed by atoms with Gasteiger partial charge in [0, 0.05) is 17.8 Å². The molecule has 2 atom stereocenters. The number of aryl methyl sites for hydroxylation is 1. The minimum absolute atomic E-state index is 0.342. The van der Waals surface area contributed by atoms with Crippen molar-refractivity contribution in [2.24, 2.45) is 0 Å². The van der Waals surface area contributed by atoms with Crippen molar-refractivity contribution in [1.82, 2.24) is 5.32 Å². The minimum Gasteiger partial charge on any atom is -0.478 e. The van der Waals surface area contributed by atoms with Crippen LogP contribution in [0, 0.1) is 6.92 Å². The van der Waals surface area contributed by atoms with Gasteiger partial charge in [-0.25, -0.2) is 4.79 Å². The number of anilines is 1. The average Bonchev–Trinajstić information content (AvgIpc) is 2.42. The number of hydrogen-bond acceptors (Lipinski definition) is 3. The van der Waals surface area contributed by atoms with Crippen molar-refractivity contribution >= 4 is 11.7 Å². The Labute approximate surface area is 120 Å². The van der Waals surface area contributed by atoms with E-state index in [1.54, 1.807) is 12.1 Å². The van der Waals surface area contributed by atoms with Gasteiger partial charge in [-0.1, -0.05) is 6.42 Å². The molecule has 1 aliphatic heterocycles. The third kappa shape index (κ3) is 3.97. The molecule has 2 unspecified atom stereocenters. The first-order valence-electron chi connectivity index (χ1n) is 7.40. The first kappa shape index (κ1) is 14.9. The normalized spacial score (nSPS) is 20.4. The number of aromatic carboxylic acids is 1. The molecular formula is C16H24N2O2. The van der Waals surface area contributed by atoms with Crippen LogP contribution >= 0.6 is 0 Å². The summed E-state index contributed by atoms with van der Waals surface area (Å²) in [5.41, 5.74) is 2.35. The van der Waals surface area contributed by atoms with E-state index in [0.29, 0.717) is 17.6 Å². The molecule has 1 aromatic rings. The Kier molecular flexibility index (Phi) is 5.01. The molecule has 0 bridgehead atoms. The van der Waals surface area contributed by atoms with Crippen molar-refractivity contribution in [3.05, 3.63) is 29.3 Å². The fraction of sp³-hybridized carbons (Fsp3) is 0.562. The Morgan fingerprint density at radius 2 is 2.30 bits per heavy atom. The van der Waals surface area contributed by atoms with Crippen LogP contribution in [-0.4, -0.2) is 29.7 Å². The zero-order chi connectivity index (χ0) is 14.5. The second-order valence-electron chi connectivity index (χ2n) is 5.76. The number of rotatable bonds is 5. The molecule has 20 heavy (non-hydrogen) atoms. The molecule has 0 amide bonds. The zero-order valence-corrected chi connectivity index (χ0v) is 12.3. The van der Waals surface area contributed by atoms with Crippen molar-refractivity contribution in [2.75, 3.05) is 11.9 Å². The van der Waals surface area contributed by atoms with E-state index in [2.05, 4.69) is 17.6 Å². The van der Waals surface area contributed by atoms with Crippen molar-refractivity contribution in [3.8, 4) is 0 Å². The molecule has 0 aliphatic carbocycles. The minimum atomic E-state index is -0.876. The molecule has 1 saturated heterocycles. The largest absolute Gasteiger partial charge is 0.478 e. The van der Waals surface area contributed by atoms with E-state index in [9.17, 15) is 4.79 Å². The third-order valence-corrected chi connectivity index (χ3v) is 3.93. The van der Waals surface area contributed by atoms with E-state index in [0.717, 1.165) is 24.2 Å². The van der Waals surface area contributed by atoms with Crippen LogP contribution in [0.15, 0.2) is 18.2 Å². The predicted octanol–water partition coefficient (Wildman–Crippen LogP) is 3.03. The highest BCUT2D eigenvalue weighted by Crippen LogP contribution is 2.20. The van der Waals surface area contributed by atoms with Gasteiger partial charge in [-0.15, -0.1) is 0 Å². The van der Waals surface area contributed by atoms with Crippen LogP contribution in [0.2, 0.25) is 0 Å². The molecule has 0 spiro atoms. The van der Waals surface area contributed by atoms with E-state index in [-0.39, 0.29) is 0 Å². The summed E-state index contributed by atoms with van der Waals surface area (Å²) >= 11 is 0. The van der Waals surface area contributed by atoms with Gasteiger partial charge < -0.3 is 15.7 Å². The highest BCUT2D eigenvalue weighted by atomic mass is 16.4. The van der Waals surface area contributed by atoms with Gasteiger partial charge in [0.05, 0.1) is 5.56 Å². The summed E-state index contributed by atoms with van der Waals surface area (Å²) in [6, 6.07) is 6.22. The lowest BCUT2D eigenvalue weighted by molar-refractivity contribution is 0.0697. The Morgan fingerprint density at radius 3 is 2.90 bits per heavy atom. The zero-order valence-electron chi connectivity index (χ0n) is 12.3. The molecule has 1 heterocycles. The van der Waals surface area contributed by atoms with Crippen LogP contribution in [0.5, 0.6) is 0 Å². The Bertz CT molecular complexity index is 468. The summed E-state index contributed by atoms with van der Waals surface area (Å²) in [6.07, 6.45) is 4.95. The molecule has 0 aromatic heterocycles. The second-order valence-corrected chi connectivity index (χ2v) is 5.76. The summed E-state index contributed by atoms with van der Waals surface area (Å²) < 4.78 is 0. The number of hydrogen-bond donors (Lipinski definition) is 3. The molecule has 110 valence electrons. The van der Waals surface area contributed by atoms with E-state index in [1.807, 2.05) is 13.0 Å². The summed E-state index contributed by atoms with van der Waals surface area (Å²) in [7, 11) is 0. The first-order chi connectivity index (χ1) is 9.56. The second kappa shape index (κ2) is 6.75. The van der Waals surface area contributed by atoms with Crippen molar-refractivity contribution in [3.63, 3.8) is 0 Å². The summed E-state index contributed by atoms with van der Waals surface area (Å²) in [4.78, 5) is 10.9. The quantitative estimate of drug-likeness (QED) is 0.773. The standard InChI is InChI=1S/C16H24N2O2/c1-11-9-13(16(19)20)6-7-15(11)18-12(2)10-14-5-3-4-8-17-14/h6-7,9,12,14,17-18H,3-5,8,10H2,1-2H3,(H,19,20). The SMILES string of the molecule is Cc1cc(C(=O)O)ccc1NC(C)CC1CCCCN1. The molecule has 4 heteroatoms. The Morgan fingerprint density at radius 1 is 1.50 bits per heavy atom. The highest BCUT2D eigenvalue weighted by molar-refractivity contribution is 5.88. The van der Waals surface area contributed by atoms with Crippen molar-refractivity contribution < 1.29 is 9.90 Å². The number of carboxylic acids is 1. The lowest BCUT2D eigenvalue weighted by Gasteiger charge is -2.27. The fourth-order valence-corrected chi connectivity index (χ4v) is 2.83. The van der Waals surface area contributed by atoms with Gasteiger partial charge in [-0.3, -0.25) is 0 Å². The summed E-state index contributed by atoms with van der Waals surface area (Å²) in [6.45, 7) is 5.25. The molecular weight excluding hydrogens is 252 g/mol. The Balaban J connectivity index is 1.93. The maximum Gasteiger partial charge on any atom is 0.335 e. The smallest absolute Gasteiger partial charge is 0.335 e. The number of carboxylic acid groups (broad SMARTS) is 1. The van der Waals surface area contributed by atoms with E-state index >= 15 is 0 Å². The molecule has 0 saturated carbocycles. The Hall–Kier alpha value is -1.55. The van der Waals surface area contributed by atoms with Crippen LogP contribution in [0.4, 0.5) is 5.69 Å². The van der Waals surface area contributed by atoms with Gasteiger partial charge >= 0.3 is 5.97 Å². The van der Waals surface area contributed by atoms with E-state index < -0.39 is 5.97 Å². The number of nitrogens with one attached hydrogen (secondary N) is 2. The van der Waals surface area contributed by atoms with Crippen LogP contribution in [0.25, 0.3) is 0 Å². The van der Waals surface area contributed by atoms with Crippen LogP contribution in [-0.2, 0) is 0 Å². The monoisotopic (exact) mass is 276 g/mol.